The van der Waals surface area contributed by atoms with Crippen LogP contribution in [-0.4, -0.2) is 83.5 Å². The maximum atomic E-state index is 11.9. The van der Waals surface area contributed by atoms with Crippen molar-refractivity contribution in [3.63, 3.8) is 0 Å². The fraction of sp³-hybridized carbons (Fsp3) is 0.650. The Balaban J connectivity index is 0.000000423. The average molecular weight is 446 g/mol. The van der Waals surface area contributed by atoms with Gasteiger partial charge in [0.15, 0.2) is 0 Å². The maximum Gasteiger partial charge on any atom is 0.490 e. The summed E-state index contributed by atoms with van der Waals surface area (Å²) in [6.07, 6.45) is 0.633. The summed E-state index contributed by atoms with van der Waals surface area (Å²) in [4.78, 5) is 29.2. The summed E-state index contributed by atoms with van der Waals surface area (Å²) < 4.78 is 37.9. The second kappa shape index (κ2) is 10.8. The summed E-state index contributed by atoms with van der Waals surface area (Å²) in [5.74, 6) is -2.76. The molecule has 0 aromatic carbocycles. The number of rotatable bonds is 3. The molecule has 0 bridgehead atoms. The van der Waals surface area contributed by atoms with E-state index in [1.807, 2.05) is 18.3 Å². The van der Waals surface area contributed by atoms with E-state index in [4.69, 9.17) is 14.6 Å². The average Bonchev–Trinajstić information content (AvgIpc) is 2.70. The Labute approximate surface area is 179 Å². The number of hydrogen-bond donors (Lipinski definition) is 2. The molecule has 1 unspecified atom stereocenters. The number of pyridine rings is 1. The highest BCUT2D eigenvalue weighted by molar-refractivity contribution is 5.74. The molecule has 8 nitrogen and oxygen atoms in total. The van der Waals surface area contributed by atoms with Crippen LogP contribution in [0.15, 0.2) is 24.4 Å². The Bertz CT molecular complexity index is 723. The lowest BCUT2D eigenvalue weighted by Crippen LogP contribution is -2.54. The molecule has 174 valence electrons. The number of amides is 2. The van der Waals surface area contributed by atoms with Crippen LogP contribution in [0.2, 0.25) is 0 Å². The highest BCUT2D eigenvalue weighted by Gasteiger charge is 2.41. The zero-order valence-electron chi connectivity index (χ0n) is 17.7. The predicted octanol–water partition coefficient (Wildman–Crippen LogP) is 2.50. The molecular formula is C20H29F3N4O4. The number of piperidine rings is 1. The standard InChI is InChI=1S/C18H28N4O2.C2HF3O2/c1-21(2)17(23)20-15-6-12-24-18(13-15)7-10-22(11-8-18)14-16-5-3-4-9-19-16;3-2(4,5)1(6)7/h3-5,9,15H,6-8,10-14H2,1-2H3,(H,20,23);(H,6,7). The van der Waals surface area contributed by atoms with Crippen LogP contribution < -0.4 is 5.32 Å². The first-order chi connectivity index (χ1) is 14.5. The third kappa shape index (κ3) is 7.98. The van der Waals surface area contributed by atoms with Crippen molar-refractivity contribution >= 4 is 12.0 Å². The molecule has 2 N–H and O–H groups in total. The van der Waals surface area contributed by atoms with Gasteiger partial charge < -0.3 is 20.1 Å². The summed E-state index contributed by atoms with van der Waals surface area (Å²) >= 11 is 0. The number of ether oxygens (including phenoxy) is 1. The van der Waals surface area contributed by atoms with E-state index < -0.39 is 12.1 Å². The Kier molecular flexibility index (Phi) is 8.63. The Hall–Kier alpha value is -2.40. The van der Waals surface area contributed by atoms with E-state index in [-0.39, 0.29) is 17.7 Å². The van der Waals surface area contributed by atoms with E-state index in [1.54, 1.807) is 19.0 Å². The van der Waals surface area contributed by atoms with E-state index in [2.05, 4.69) is 21.3 Å². The number of halogens is 3. The number of carbonyl (C=O) groups is 2. The number of aliphatic carboxylic acids is 1. The van der Waals surface area contributed by atoms with Crippen LogP contribution in [0.25, 0.3) is 0 Å². The molecule has 3 rings (SSSR count). The van der Waals surface area contributed by atoms with Crippen molar-refractivity contribution in [3.05, 3.63) is 30.1 Å². The fourth-order valence-electron chi connectivity index (χ4n) is 3.64. The number of nitrogens with zero attached hydrogens (tertiary/aromatic N) is 3. The van der Waals surface area contributed by atoms with Gasteiger partial charge in [-0.2, -0.15) is 13.2 Å². The summed E-state index contributed by atoms with van der Waals surface area (Å²) in [6, 6.07) is 6.28. The minimum Gasteiger partial charge on any atom is -0.475 e. The molecule has 31 heavy (non-hydrogen) atoms. The summed E-state index contributed by atoms with van der Waals surface area (Å²) in [5.41, 5.74) is 1.05. The number of carboxylic acid groups (broad SMARTS) is 1. The fourth-order valence-corrected chi connectivity index (χ4v) is 3.64. The van der Waals surface area contributed by atoms with Gasteiger partial charge in [0.05, 0.1) is 11.3 Å². The number of alkyl halides is 3. The van der Waals surface area contributed by atoms with Crippen molar-refractivity contribution < 1.29 is 32.6 Å². The number of carbonyl (C=O) groups excluding carboxylic acids is 1. The SMILES string of the molecule is CN(C)C(=O)NC1CCOC2(CCN(Cc3ccccn3)CC2)C1.O=C(O)C(F)(F)F. The van der Waals surface area contributed by atoms with Gasteiger partial charge in [-0.3, -0.25) is 9.88 Å². The molecule has 2 aliphatic heterocycles. The van der Waals surface area contributed by atoms with Gasteiger partial charge in [0.1, 0.15) is 0 Å². The molecule has 2 aliphatic rings. The zero-order valence-corrected chi connectivity index (χ0v) is 17.7. The van der Waals surface area contributed by atoms with Gasteiger partial charge in [-0.15, -0.1) is 0 Å². The van der Waals surface area contributed by atoms with Crippen molar-refractivity contribution in [2.45, 2.75) is 50.0 Å². The van der Waals surface area contributed by atoms with Crippen molar-refractivity contribution in [1.82, 2.24) is 20.1 Å². The highest BCUT2D eigenvalue weighted by atomic mass is 19.4. The molecule has 1 aromatic heterocycles. The molecular weight excluding hydrogens is 417 g/mol. The largest absolute Gasteiger partial charge is 0.490 e. The second-order valence-electron chi connectivity index (χ2n) is 7.97. The number of aromatic nitrogens is 1. The molecule has 0 aliphatic carbocycles. The summed E-state index contributed by atoms with van der Waals surface area (Å²) in [6.45, 7) is 3.67. The van der Waals surface area contributed by atoms with Gasteiger partial charge in [0, 0.05) is 52.6 Å². The number of likely N-dealkylation sites (tertiary alicyclic amines) is 1. The van der Waals surface area contributed by atoms with Crippen LogP contribution in [0.4, 0.5) is 18.0 Å². The van der Waals surface area contributed by atoms with Crippen LogP contribution in [0.5, 0.6) is 0 Å². The normalized spacial score (nSPS) is 21.0. The first kappa shape index (κ1) is 24.9. The van der Waals surface area contributed by atoms with Gasteiger partial charge >= 0.3 is 18.2 Å². The van der Waals surface area contributed by atoms with E-state index in [0.29, 0.717) is 0 Å². The first-order valence-corrected chi connectivity index (χ1v) is 10.0. The number of nitrogens with one attached hydrogen (secondary N) is 1. The number of carboxylic acids is 1. The molecule has 0 saturated carbocycles. The second-order valence-corrected chi connectivity index (χ2v) is 7.97. The van der Waals surface area contributed by atoms with Gasteiger partial charge in [0.2, 0.25) is 0 Å². The molecule has 3 heterocycles. The molecule has 1 atom stereocenters. The van der Waals surface area contributed by atoms with Crippen molar-refractivity contribution in [1.29, 1.82) is 0 Å². The molecule has 2 amide bonds. The van der Waals surface area contributed by atoms with E-state index in [9.17, 15) is 18.0 Å². The smallest absolute Gasteiger partial charge is 0.475 e. The predicted molar refractivity (Wildman–Crippen MR) is 106 cm³/mol. The van der Waals surface area contributed by atoms with E-state index >= 15 is 0 Å². The lowest BCUT2D eigenvalue weighted by molar-refractivity contribution is -0.192. The zero-order chi connectivity index (χ0) is 23.1. The topological polar surface area (TPSA) is 95.0 Å². The van der Waals surface area contributed by atoms with Crippen LogP contribution in [0.3, 0.4) is 0 Å². The number of urea groups is 1. The monoisotopic (exact) mass is 446 g/mol. The van der Waals surface area contributed by atoms with Crippen LogP contribution in [-0.2, 0) is 16.1 Å². The first-order valence-electron chi connectivity index (χ1n) is 10.0. The Morgan fingerprint density at radius 3 is 2.48 bits per heavy atom. The van der Waals surface area contributed by atoms with Crippen LogP contribution >= 0.6 is 0 Å². The molecule has 2 fully saturated rings. The maximum absolute atomic E-state index is 11.9. The quantitative estimate of drug-likeness (QED) is 0.741. The summed E-state index contributed by atoms with van der Waals surface area (Å²) in [7, 11) is 3.56. The van der Waals surface area contributed by atoms with E-state index in [0.717, 1.165) is 57.6 Å². The van der Waals surface area contributed by atoms with Gasteiger partial charge in [-0.1, -0.05) is 6.07 Å². The molecule has 11 heteroatoms. The van der Waals surface area contributed by atoms with Gasteiger partial charge in [-0.25, -0.2) is 9.59 Å². The van der Waals surface area contributed by atoms with Crippen LogP contribution in [0, 0.1) is 0 Å². The van der Waals surface area contributed by atoms with Crippen molar-refractivity contribution in [2.75, 3.05) is 33.8 Å². The lowest BCUT2D eigenvalue weighted by Gasteiger charge is -2.46. The third-order valence-electron chi connectivity index (χ3n) is 5.35. The lowest BCUT2D eigenvalue weighted by atomic mass is 9.82. The Morgan fingerprint density at radius 2 is 1.97 bits per heavy atom. The molecule has 1 spiro atoms. The molecule has 1 aromatic rings. The van der Waals surface area contributed by atoms with Crippen molar-refractivity contribution in [2.24, 2.45) is 0 Å². The molecule has 0 radical (unpaired) electrons. The minimum absolute atomic E-state index is 0.00959. The Morgan fingerprint density at radius 1 is 1.32 bits per heavy atom. The van der Waals surface area contributed by atoms with Crippen LogP contribution in [0.1, 0.15) is 31.4 Å². The van der Waals surface area contributed by atoms with Gasteiger partial charge in [-0.05, 0) is 37.8 Å². The minimum atomic E-state index is -5.08. The van der Waals surface area contributed by atoms with Gasteiger partial charge in [0.25, 0.3) is 0 Å². The van der Waals surface area contributed by atoms with E-state index in [1.165, 1.54) is 0 Å². The van der Waals surface area contributed by atoms with Crippen molar-refractivity contribution in [3.8, 4) is 0 Å². The number of hydrogen-bond acceptors (Lipinski definition) is 5. The highest BCUT2D eigenvalue weighted by Crippen LogP contribution is 2.35. The summed E-state index contributed by atoms with van der Waals surface area (Å²) in [5, 5.41) is 10.2. The third-order valence-corrected chi connectivity index (χ3v) is 5.35. The molecule has 2 saturated heterocycles.